The first kappa shape index (κ1) is 16.5. The minimum Gasteiger partial charge on any atom is -0.353 e. The topological polar surface area (TPSA) is 44.4 Å². The highest BCUT2D eigenvalue weighted by Crippen LogP contribution is 2.27. The molecule has 3 rings (SSSR count). The minimum atomic E-state index is -0.0281. The van der Waals surface area contributed by atoms with Gasteiger partial charge in [0.2, 0.25) is 5.91 Å². The van der Waals surface area contributed by atoms with E-state index >= 15 is 0 Å². The second-order valence-corrected chi connectivity index (χ2v) is 7.60. The van der Waals surface area contributed by atoms with Gasteiger partial charge in [0.15, 0.2) is 0 Å². The number of fused-ring (bicyclic) bond motifs is 1. The van der Waals surface area contributed by atoms with E-state index in [1.807, 2.05) is 0 Å². The molecule has 1 heterocycles. The van der Waals surface area contributed by atoms with Crippen LogP contribution in [0.2, 0.25) is 0 Å². The molecule has 0 atom stereocenters. The first-order chi connectivity index (χ1) is 11.0. The van der Waals surface area contributed by atoms with E-state index in [-0.39, 0.29) is 11.4 Å². The van der Waals surface area contributed by atoms with Gasteiger partial charge in [-0.2, -0.15) is 0 Å². The molecule has 0 unspecified atom stereocenters. The van der Waals surface area contributed by atoms with Crippen LogP contribution in [0.3, 0.4) is 0 Å². The van der Waals surface area contributed by atoms with Gasteiger partial charge in [0.25, 0.3) is 0 Å². The first-order valence-electron chi connectivity index (χ1n) is 8.84. The van der Waals surface area contributed by atoms with Crippen molar-refractivity contribution >= 4 is 5.91 Å². The van der Waals surface area contributed by atoms with Gasteiger partial charge in [0, 0.05) is 25.2 Å². The van der Waals surface area contributed by atoms with Crippen LogP contribution < -0.4 is 10.6 Å². The second kappa shape index (κ2) is 7.02. The molecule has 0 bridgehead atoms. The van der Waals surface area contributed by atoms with E-state index in [1.165, 1.54) is 24.0 Å². The van der Waals surface area contributed by atoms with Gasteiger partial charge in [-0.1, -0.05) is 24.3 Å². The lowest BCUT2D eigenvalue weighted by molar-refractivity contribution is -0.120. The summed E-state index contributed by atoms with van der Waals surface area (Å²) < 4.78 is 0. The number of benzene rings is 1. The van der Waals surface area contributed by atoms with Crippen LogP contribution in [-0.2, 0) is 17.8 Å². The molecular weight excluding hydrogens is 286 g/mol. The van der Waals surface area contributed by atoms with Crippen molar-refractivity contribution in [1.82, 2.24) is 15.5 Å². The predicted molar refractivity (Wildman–Crippen MR) is 93.2 cm³/mol. The number of rotatable bonds is 7. The van der Waals surface area contributed by atoms with Gasteiger partial charge >= 0.3 is 0 Å². The van der Waals surface area contributed by atoms with Crippen LogP contribution in [0.15, 0.2) is 24.3 Å². The van der Waals surface area contributed by atoms with Crippen LogP contribution in [-0.4, -0.2) is 42.5 Å². The maximum atomic E-state index is 12.0. The molecule has 0 spiro atoms. The minimum absolute atomic E-state index is 0.0281. The van der Waals surface area contributed by atoms with E-state index in [4.69, 9.17) is 0 Å². The molecule has 0 aromatic heterocycles. The quantitative estimate of drug-likeness (QED) is 0.808. The fourth-order valence-electron chi connectivity index (χ4n) is 3.21. The molecule has 23 heavy (non-hydrogen) atoms. The molecule has 1 aromatic rings. The highest BCUT2D eigenvalue weighted by molar-refractivity contribution is 5.78. The van der Waals surface area contributed by atoms with Gasteiger partial charge in [-0.15, -0.1) is 0 Å². The summed E-state index contributed by atoms with van der Waals surface area (Å²) in [5.41, 5.74) is 2.86. The fraction of sp³-hybridized carbons (Fsp3) is 0.632. The molecular formula is C19H29N3O. The number of carbonyl (C=O) groups excluding carboxylic acids is 1. The van der Waals surface area contributed by atoms with Crippen molar-refractivity contribution in [3.05, 3.63) is 35.4 Å². The molecule has 1 saturated carbocycles. The Morgan fingerprint density at radius 2 is 2.00 bits per heavy atom. The van der Waals surface area contributed by atoms with Crippen molar-refractivity contribution in [2.24, 2.45) is 5.92 Å². The van der Waals surface area contributed by atoms with E-state index < -0.39 is 0 Å². The largest absolute Gasteiger partial charge is 0.353 e. The Hall–Kier alpha value is -1.39. The molecule has 1 fully saturated rings. The molecule has 4 heteroatoms. The second-order valence-electron chi connectivity index (χ2n) is 7.60. The number of nitrogens with one attached hydrogen (secondary N) is 2. The molecule has 0 saturated heterocycles. The molecule has 126 valence electrons. The van der Waals surface area contributed by atoms with Crippen LogP contribution in [0.4, 0.5) is 0 Å². The van der Waals surface area contributed by atoms with Gasteiger partial charge in [0.05, 0.1) is 6.54 Å². The predicted octanol–water partition coefficient (Wildman–Crippen LogP) is 1.94. The highest BCUT2D eigenvalue weighted by Gasteiger charge is 2.30. The summed E-state index contributed by atoms with van der Waals surface area (Å²) in [7, 11) is 0. The maximum Gasteiger partial charge on any atom is 0.234 e. The van der Waals surface area contributed by atoms with E-state index in [2.05, 4.69) is 53.6 Å². The lowest BCUT2D eigenvalue weighted by atomic mass is 9.94. The van der Waals surface area contributed by atoms with E-state index in [0.717, 1.165) is 32.0 Å². The van der Waals surface area contributed by atoms with E-state index in [0.29, 0.717) is 13.1 Å². The summed E-state index contributed by atoms with van der Waals surface area (Å²) in [6.07, 6.45) is 3.73. The van der Waals surface area contributed by atoms with Gasteiger partial charge < -0.3 is 10.6 Å². The zero-order valence-electron chi connectivity index (χ0n) is 14.4. The van der Waals surface area contributed by atoms with Crippen LogP contribution in [0.1, 0.15) is 37.8 Å². The van der Waals surface area contributed by atoms with Crippen molar-refractivity contribution in [1.29, 1.82) is 0 Å². The highest BCUT2D eigenvalue weighted by atomic mass is 16.1. The Morgan fingerprint density at radius 3 is 2.74 bits per heavy atom. The molecule has 2 aliphatic rings. The van der Waals surface area contributed by atoms with Crippen molar-refractivity contribution in [3.8, 4) is 0 Å². The number of hydrogen-bond acceptors (Lipinski definition) is 3. The summed E-state index contributed by atoms with van der Waals surface area (Å²) >= 11 is 0. The zero-order chi connectivity index (χ0) is 16.3. The molecule has 1 amide bonds. The van der Waals surface area contributed by atoms with Crippen molar-refractivity contribution in [2.75, 3.05) is 26.2 Å². The Kier molecular flexibility index (Phi) is 5.02. The van der Waals surface area contributed by atoms with Gasteiger partial charge in [-0.05, 0) is 56.7 Å². The standard InChI is InChI=1S/C19H29N3O/c1-19(2,14-21-18(23)12-20-11-15-7-8-15)22-10-9-16-5-3-4-6-17(16)13-22/h3-6,15,20H,7-14H2,1-2H3,(H,21,23). The lowest BCUT2D eigenvalue weighted by Gasteiger charge is -2.41. The Labute approximate surface area is 139 Å². The first-order valence-corrected chi connectivity index (χ1v) is 8.84. The Balaban J connectivity index is 1.45. The molecule has 4 nitrogen and oxygen atoms in total. The zero-order valence-corrected chi connectivity index (χ0v) is 14.4. The number of nitrogens with zero attached hydrogens (tertiary/aromatic N) is 1. The third-order valence-electron chi connectivity index (χ3n) is 5.12. The van der Waals surface area contributed by atoms with Crippen molar-refractivity contribution < 1.29 is 4.79 Å². The number of hydrogen-bond donors (Lipinski definition) is 2. The normalized spacial score (nSPS) is 18.5. The summed E-state index contributed by atoms with van der Waals surface area (Å²) in [5, 5.41) is 6.35. The number of amides is 1. The summed E-state index contributed by atoms with van der Waals surface area (Å²) in [6.45, 7) is 8.59. The lowest BCUT2D eigenvalue weighted by Crippen LogP contribution is -2.53. The fourth-order valence-corrected chi connectivity index (χ4v) is 3.21. The van der Waals surface area contributed by atoms with Crippen LogP contribution in [0.5, 0.6) is 0 Å². The van der Waals surface area contributed by atoms with Crippen molar-refractivity contribution in [2.45, 2.75) is 45.2 Å². The Morgan fingerprint density at radius 1 is 1.26 bits per heavy atom. The van der Waals surface area contributed by atoms with E-state index in [9.17, 15) is 4.79 Å². The molecule has 0 radical (unpaired) electrons. The smallest absolute Gasteiger partial charge is 0.234 e. The average Bonchev–Trinajstić information content (AvgIpc) is 3.37. The third kappa shape index (κ3) is 4.55. The summed E-state index contributed by atoms with van der Waals surface area (Å²) in [4.78, 5) is 14.5. The molecule has 1 aromatic carbocycles. The van der Waals surface area contributed by atoms with Gasteiger partial charge in [-0.25, -0.2) is 0 Å². The summed E-state index contributed by atoms with van der Waals surface area (Å²) in [5.74, 6) is 0.920. The van der Waals surface area contributed by atoms with E-state index in [1.54, 1.807) is 0 Å². The SMILES string of the molecule is CC(C)(CNC(=O)CNCC1CC1)N1CCc2ccccc2C1. The molecule has 1 aliphatic heterocycles. The average molecular weight is 315 g/mol. The number of carbonyl (C=O) groups is 1. The van der Waals surface area contributed by atoms with Crippen LogP contribution in [0, 0.1) is 5.92 Å². The van der Waals surface area contributed by atoms with Gasteiger partial charge in [-0.3, -0.25) is 9.69 Å². The molecule has 1 aliphatic carbocycles. The van der Waals surface area contributed by atoms with Gasteiger partial charge in [0.1, 0.15) is 0 Å². The maximum absolute atomic E-state index is 12.0. The van der Waals surface area contributed by atoms with Crippen LogP contribution in [0.25, 0.3) is 0 Å². The molecule has 2 N–H and O–H groups in total. The summed E-state index contributed by atoms with van der Waals surface area (Å²) in [6, 6.07) is 8.68. The Bertz CT molecular complexity index is 551. The van der Waals surface area contributed by atoms with Crippen LogP contribution >= 0.6 is 0 Å². The van der Waals surface area contributed by atoms with Crippen molar-refractivity contribution in [3.63, 3.8) is 0 Å². The monoisotopic (exact) mass is 315 g/mol. The third-order valence-corrected chi connectivity index (χ3v) is 5.12.